The van der Waals surface area contributed by atoms with Gasteiger partial charge in [-0.15, -0.1) is 0 Å². The molecule has 2 aromatic carbocycles. The Kier molecular flexibility index (Phi) is 5.66. The van der Waals surface area contributed by atoms with Gasteiger partial charge in [0.2, 0.25) is 5.91 Å². The van der Waals surface area contributed by atoms with Gasteiger partial charge in [0.25, 0.3) is 0 Å². The number of carbonyl (C=O) groups excluding carboxylic acids is 1. The molecule has 0 bridgehead atoms. The van der Waals surface area contributed by atoms with Gasteiger partial charge in [-0.05, 0) is 55.8 Å². The highest BCUT2D eigenvalue weighted by Crippen LogP contribution is 2.26. The third kappa shape index (κ3) is 4.48. The van der Waals surface area contributed by atoms with Gasteiger partial charge in [0.1, 0.15) is 17.6 Å². The zero-order valence-electron chi connectivity index (χ0n) is 15.6. The Morgan fingerprint density at radius 3 is 2.31 bits per heavy atom. The summed E-state index contributed by atoms with van der Waals surface area (Å²) in [6, 6.07) is 16.1. The Morgan fingerprint density at radius 2 is 1.73 bits per heavy atom. The number of hydrogen-bond donors (Lipinski definition) is 1. The number of rotatable bonds is 7. The lowest BCUT2D eigenvalue weighted by Gasteiger charge is -2.40. The van der Waals surface area contributed by atoms with Crippen LogP contribution >= 0.6 is 0 Å². The van der Waals surface area contributed by atoms with Crippen molar-refractivity contribution in [1.29, 1.82) is 0 Å². The van der Waals surface area contributed by atoms with Crippen LogP contribution in [0.5, 0.6) is 11.5 Å². The molecular formula is C21H26N2O3. The smallest absolute Gasteiger partial charge is 0.217 e. The van der Waals surface area contributed by atoms with Crippen LogP contribution in [0.25, 0.3) is 0 Å². The van der Waals surface area contributed by atoms with Crippen LogP contribution in [0.2, 0.25) is 0 Å². The van der Waals surface area contributed by atoms with E-state index in [1.165, 1.54) is 12.6 Å². The van der Waals surface area contributed by atoms with Crippen molar-refractivity contribution in [2.45, 2.75) is 32.9 Å². The molecule has 1 saturated heterocycles. The van der Waals surface area contributed by atoms with Crippen LogP contribution in [0.15, 0.2) is 48.5 Å². The van der Waals surface area contributed by atoms with Gasteiger partial charge in [-0.3, -0.25) is 4.79 Å². The van der Waals surface area contributed by atoms with Crippen LogP contribution < -0.4 is 19.7 Å². The fourth-order valence-corrected chi connectivity index (χ4v) is 3.06. The third-order valence-electron chi connectivity index (χ3n) is 4.46. The molecule has 0 saturated carbocycles. The number of carbonyl (C=O) groups is 1. The van der Waals surface area contributed by atoms with Gasteiger partial charge in [-0.1, -0.05) is 12.1 Å². The van der Waals surface area contributed by atoms with Gasteiger partial charge in [0.05, 0.1) is 25.7 Å². The maximum Gasteiger partial charge on any atom is 0.217 e. The monoisotopic (exact) mass is 354 g/mol. The molecule has 138 valence electrons. The molecule has 3 rings (SSSR count). The molecule has 0 spiro atoms. The maximum atomic E-state index is 11.1. The highest BCUT2D eigenvalue weighted by atomic mass is 16.5. The average Bonchev–Trinajstić information content (AvgIpc) is 2.59. The van der Waals surface area contributed by atoms with Crippen LogP contribution in [0.1, 0.15) is 32.4 Å². The van der Waals surface area contributed by atoms with Gasteiger partial charge in [0, 0.05) is 12.6 Å². The van der Waals surface area contributed by atoms with E-state index in [9.17, 15) is 4.79 Å². The van der Waals surface area contributed by atoms with E-state index in [1.54, 1.807) is 0 Å². The Hall–Kier alpha value is -2.69. The molecule has 1 amide bonds. The van der Waals surface area contributed by atoms with Gasteiger partial charge in [0.15, 0.2) is 0 Å². The summed E-state index contributed by atoms with van der Waals surface area (Å²) in [7, 11) is 0. The lowest BCUT2D eigenvalue weighted by molar-refractivity contribution is -0.119. The molecule has 0 unspecified atom stereocenters. The van der Waals surface area contributed by atoms with E-state index >= 15 is 0 Å². The summed E-state index contributed by atoms with van der Waals surface area (Å²) < 4.78 is 11.5. The van der Waals surface area contributed by atoms with E-state index in [-0.39, 0.29) is 18.1 Å². The first-order valence-electron chi connectivity index (χ1n) is 9.06. The van der Waals surface area contributed by atoms with Crippen LogP contribution in [-0.4, -0.2) is 31.7 Å². The van der Waals surface area contributed by atoms with Crippen molar-refractivity contribution in [3.8, 4) is 11.5 Å². The number of benzene rings is 2. The highest BCUT2D eigenvalue weighted by molar-refractivity contribution is 5.73. The first-order chi connectivity index (χ1) is 12.5. The standard InChI is InChI=1S/C21H26N2O3/c1-4-25-19-11-7-18(8-12-19)23-13-21(14-23)26-20-9-5-17(6-10-20)15(2)22-16(3)24/h5-12,15,21H,4,13-14H2,1-3H3,(H,22,24)/t15-/m0/s1. The van der Waals surface area contributed by atoms with Crippen molar-refractivity contribution in [3.05, 3.63) is 54.1 Å². The van der Waals surface area contributed by atoms with Crippen LogP contribution in [0.3, 0.4) is 0 Å². The number of nitrogens with one attached hydrogen (secondary N) is 1. The molecular weight excluding hydrogens is 328 g/mol. The molecule has 1 N–H and O–H groups in total. The van der Waals surface area contributed by atoms with Gasteiger partial charge >= 0.3 is 0 Å². The average molecular weight is 354 g/mol. The molecule has 5 nitrogen and oxygen atoms in total. The normalized spacial score (nSPS) is 15.1. The number of nitrogens with zero attached hydrogens (tertiary/aromatic N) is 1. The van der Waals surface area contributed by atoms with Crippen molar-refractivity contribution < 1.29 is 14.3 Å². The fraction of sp³-hybridized carbons (Fsp3) is 0.381. The van der Waals surface area contributed by atoms with Crippen molar-refractivity contribution >= 4 is 11.6 Å². The molecule has 1 aliphatic rings. The summed E-state index contributed by atoms with van der Waals surface area (Å²) >= 11 is 0. The van der Waals surface area contributed by atoms with Crippen molar-refractivity contribution in [2.75, 3.05) is 24.6 Å². The molecule has 2 aromatic rings. The summed E-state index contributed by atoms with van der Waals surface area (Å²) in [6.07, 6.45) is 0.195. The lowest BCUT2D eigenvalue weighted by atomic mass is 10.1. The molecule has 0 aromatic heterocycles. The molecule has 0 aliphatic carbocycles. The minimum atomic E-state index is -0.0262. The van der Waals surface area contributed by atoms with Crippen LogP contribution in [0.4, 0.5) is 5.69 Å². The van der Waals surface area contributed by atoms with Gasteiger partial charge in [-0.2, -0.15) is 0 Å². The predicted octanol–water partition coefficient (Wildman–Crippen LogP) is 3.55. The van der Waals surface area contributed by atoms with Crippen molar-refractivity contribution in [3.63, 3.8) is 0 Å². The predicted molar refractivity (Wildman–Crippen MR) is 103 cm³/mol. The fourth-order valence-electron chi connectivity index (χ4n) is 3.06. The van der Waals surface area contributed by atoms with Crippen molar-refractivity contribution in [2.24, 2.45) is 0 Å². The summed E-state index contributed by atoms with van der Waals surface area (Å²) in [6.45, 7) is 7.91. The largest absolute Gasteiger partial charge is 0.494 e. The van der Waals surface area contributed by atoms with Crippen LogP contribution in [-0.2, 0) is 4.79 Å². The summed E-state index contributed by atoms with van der Waals surface area (Å²) in [5.74, 6) is 1.74. The zero-order valence-corrected chi connectivity index (χ0v) is 15.6. The Bertz CT molecular complexity index is 722. The maximum absolute atomic E-state index is 11.1. The van der Waals surface area contributed by atoms with Gasteiger partial charge in [-0.25, -0.2) is 0 Å². The second kappa shape index (κ2) is 8.13. The number of ether oxygens (including phenoxy) is 2. The van der Waals surface area contributed by atoms with Crippen molar-refractivity contribution in [1.82, 2.24) is 5.32 Å². The van der Waals surface area contributed by atoms with E-state index in [0.29, 0.717) is 6.61 Å². The van der Waals surface area contributed by atoms with E-state index in [2.05, 4.69) is 22.3 Å². The Morgan fingerprint density at radius 1 is 1.12 bits per heavy atom. The molecule has 26 heavy (non-hydrogen) atoms. The van der Waals surface area contributed by atoms with Gasteiger partial charge < -0.3 is 19.7 Å². The molecule has 1 aliphatic heterocycles. The molecule has 5 heteroatoms. The SMILES string of the molecule is CCOc1ccc(N2CC(Oc3ccc([C@H](C)NC(C)=O)cc3)C2)cc1. The van der Waals surface area contributed by atoms with E-state index in [1.807, 2.05) is 50.2 Å². The Labute approximate surface area is 154 Å². The summed E-state index contributed by atoms with van der Waals surface area (Å²) in [5, 5.41) is 2.88. The van der Waals surface area contributed by atoms with Crippen LogP contribution in [0, 0.1) is 0 Å². The molecule has 0 radical (unpaired) electrons. The number of amides is 1. The lowest BCUT2D eigenvalue weighted by Crippen LogP contribution is -2.54. The first-order valence-corrected chi connectivity index (χ1v) is 9.06. The molecule has 1 atom stereocenters. The topological polar surface area (TPSA) is 50.8 Å². The van der Waals surface area contributed by atoms with E-state index in [0.717, 1.165) is 30.2 Å². The second-order valence-corrected chi connectivity index (χ2v) is 6.56. The first kappa shape index (κ1) is 18.1. The third-order valence-corrected chi connectivity index (χ3v) is 4.46. The second-order valence-electron chi connectivity index (χ2n) is 6.56. The molecule has 1 fully saturated rings. The van der Waals surface area contributed by atoms with E-state index < -0.39 is 0 Å². The minimum Gasteiger partial charge on any atom is -0.494 e. The van der Waals surface area contributed by atoms with E-state index in [4.69, 9.17) is 9.47 Å². The number of anilines is 1. The zero-order chi connectivity index (χ0) is 18.5. The molecule has 1 heterocycles. The highest BCUT2D eigenvalue weighted by Gasteiger charge is 2.28. The summed E-state index contributed by atoms with van der Waals surface area (Å²) in [5.41, 5.74) is 2.25. The summed E-state index contributed by atoms with van der Waals surface area (Å²) in [4.78, 5) is 13.4. The Balaban J connectivity index is 1.48. The number of hydrogen-bond acceptors (Lipinski definition) is 4. The minimum absolute atomic E-state index is 0.000374. The quantitative estimate of drug-likeness (QED) is 0.826.